The van der Waals surface area contributed by atoms with Gasteiger partial charge in [-0.25, -0.2) is 4.98 Å². The van der Waals surface area contributed by atoms with Crippen LogP contribution in [-0.2, 0) is 6.42 Å². The molecule has 1 N–H and O–H groups in total. The topological polar surface area (TPSA) is 33.1 Å². The van der Waals surface area contributed by atoms with Crippen LogP contribution in [-0.4, -0.2) is 10.1 Å². The summed E-state index contributed by atoms with van der Waals surface area (Å²) in [6.45, 7) is 0. The van der Waals surface area contributed by atoms with E-state index in [-0.39, 0.29) is 0 Å². The number of fused-ring (bicyclic) bond motifs is 1. The van der Waals surface area contributed by atoms with E-state index < -0.39 is 6.10 Å². The van der Waals surface area contributed by atoms with E-state index in [1.807, 2.05) is 30.3 Å². The van der Waals surface area contributed by atoms with Crippen LogP contribution in [0.15, 0.2) is 46.9 Å². The molecule has 5 heteroatoms. The fourth-order valence-electron chi connectivity index (χ4n) is 2.06. The molecule has 20 heavy (non-hydrogen) atoms. The van der Waals surface area contributed by atoms with E-state index in [1.165, 1.54) is 0 Å². The number of aliphatic hydroxyl groups excluding tert-OH is 1. The lowest BCUT2D eigenvalue weighted by molar-refractivity contribution is 0.178. The van der Waals surface area contributed by atoms with Crippen molar-refractivity contribution < 1.29 is 5.11 Å². The Morgan fingerprint density at radius 3 is 2.80 bits per heavy atom. The molecule has 0 spiro atoms. The van der Waals surface area contributed by atoms with Crippen molar-refractivity contribution in [3.05, 3.63) is 62.5 Å². The minimum absolute atomic E-state index is 0.492. The third-order valence-corrected chi connectivity index (χ3v) is 4.71. The van der Waals surface area contributed by atoms with Crippen molar-refractivity contribution in [1.82, 2.24) is 4.98 Å². The highest BCUT2D eigenvalue weighted by Gasteiger charge is 2.13. The van der Waals surface area contributed by atoms with Crippen molar-refractivity contribution in [1.29, 1.82) is 0 Å². The molecule has 1 aromatic heterocycles. The Labute approximate surface area is 134 Å². The summed E-state index contributed by atoms with van der Waals surface area (Å²) in [5.74, 6) is 0. The standard InChI is InChI=1S/C15H11BrClNOS/c16-10-5-9(6-11(17)7-10)13(19)8-15-18-12-3-1-2-4-14(12)20-15/h1-7,13,19H,8H2. The third kappa shape index (κ3) is 3.04. The fourth-order valence-corrected chi connectivity index (χ4v) is 3.95. The molecule has 0 aliphatic rings. The van der Waals surface area contributed by atoms with Crippen LogP contribution in [0.1, 0.15) is 16.7 Å². The summed E-state index contributed by atoms with van der Waals surface area (Å²) in [5.41, 5.74) is 1.77. The van der Waals surface area contributed by atoms with Gasteiger partial charge >= 0.3 is 0 Å². The molecule has 0 amide bonds. The maximum Gasteiger partial charge on any atom is 0.0967 e. The van der Waals surface area contributed by atoms with Crippen LogP contribution < -0.4 is 0 Å². The van der Waals surface area contributed by atoms with Crippen LogP contribution in [0.3, 0.4) is 0 Å². The Hall–Kier alpha value is -0.940. The maximum absolute atomic E-state index is 10.3. The van der Waals surface area contributed by atoms with Gasteiger partial charge < -0.3 is 5.11 Å². The van der Waals surface area contributed by atoms with E-state index in [9.17, 15) is 5.11 Å². The van der Waals surface area contributed by atoms with Crippen molar-refractivity contribution in [3.8, 4) is 0 Å². The third-order valence-electron chi connectivity index (χ3n) is 2.98. The first-order valence-electron chi connectivity index (χ1n) is 6.10. The average Bonchev–Trinajstić information content (AvgIpc) is 2.79. The second-order valence-corrected chi connectivity index (χ2v) is 6.97. The number of halogens is 2. The van der Waals surface area contributed by atoms with E-state index in [0.717, 1.165) is 25.3 Å². The fraction of sp³-hybridized carbons (Fsp3) is 0.133. The predicted octanol–water partition coefficient (Wildman–Crippen LogP) is 4.99. The molecular formula is C15H11BrClNOS. The lowest BCUT2D eigenvalue weighted by Gasteiger charge is -2.10. The molecule has 1 unspecified atom stereocenters. The summed E-state index contributed by atoms with van der Waals surface area (Å²) in [6, 6.07) is 13.4. The highest BCUT2D eigenvalue weighted by molar-refractivity contribution is 9.10. The number of nitrogens with zero attached hydrogens (tertiary/aromatic N) is 1. The summed E-state index contributed by atoms with van der Waals surface area (Å²) in [7, 11) is 0. The summed E-state index contributed by atoms with van der Waals surface area (Å²) in [4.78, 5) is 4.54. The highest BCUT2D eigenvalue weighted by Crippen LogP contribution is 2.29. The Bertz CT molecular complexity index is 705. The van der Waals surface area contributed by atoms with E-state index in [1.54, 1.807) is 23.5 Å². The number of aliphatic hydroxyl groups is 1. The van der Waals surface area contributed by atoms with Gasteiger partial charge in [0.15, 0.2) is 0 Å². The van der Waals surface area contributed by atoms with Crippen LogP contribution in [0.4, 0.5) is 0 Å². The first-order valence-corrected chi connectivity index (χ1v) is 8.09. The molecule has 0 saturated heterocycles. The van der Waals surface area contributed by atoms with Gasteiger partial charge in [-0.3, -0.25) is 0 Å². The zero-order chi connectivity index (χ0) is 14.1. The lowest BCUT2D eigenvalue weighted by Crippen LogP contribution is -2.01. The quantitative estimate of drug-likeness (QED) is 0.706. The summed E-state index contributed by atoms with van der Waals surface area (Å²) >= 11 is 11.0. The van der Waals surface area contributed by atoms with Crippen molar-refractivity contribution in [2.45, 2.75) is 12.5 Å². The normalized spacial score (nSPS) is 12.8. The van der Waals surface area contributed by atoms with Crippen molar-refractivity contribution in [2.75, 3.05) is 0 Å². The Morgan fingerprint density at radius 2 is 2.05 bits per heavy atom. The van der Waals surface area contributed by atoms with E-state index in [2.05, 4.69) is 20.9 Å². The molecule has 1 atom stereocenters. The number of rotatable bonds is 3. The molecule has 0 aliphatic carbocycles. The average molecular weight is 369 g/mol. The molecule has 2 aromatic carbocycles. The molecule has 0 radical (unpaired) electrons. The van der Waals surface area contributed by atoms with Crippen LogP contribution in [0.25, 0.3) is 10.2 Å². The van der Waals surface area contributed by atoms with Gasteiger partial charge in [-0.05, 0) is 35.9 Å². The Kier molecular flexibility index (Phi) is 4.08. The Morgan fingerprint density at radius 1 is 1.25 bits per heavy atom. The minimum Gasteiger partial charge on any atom is -0.388 e. The van der Waals surface area contributed by atoms with Gasteiger partial charge in [-0.1, -0.05) is 39.7 Å². The number of hydrogen-bond acceptors (Lipinski definition) is 3. The molecule has 2 nitrogen and oxygen atoms in total. The minimum atomic E-state index is -0.606. The molecule has 0 aliphatic heterocycles. The first-order chi connectivity index (χ1) is 9.61. The van der Waals surface area contributed by atoms with E-state index in [0.29, 0.717) is 11.4 Å². The van der Waals surface area contributed by atoms with Gasteiger partial charge in [0.1, 0.15) is 0 Å². The van der Waals surface area contributed by atoms with Crippen LogP contribution in [0.5, 0.6) is 0 Å². The van der Waals surface area contributed by atoms with Crippen LogP contribution in [0, 0.1) is 0 Å². The number of para-hydroxylation sites is 1. The highest BCUT2D eigenvalue weighted by atomic mass is 79.9. The smallest absolute Gasteiger partial charge is 0.0967 e. The van der Waals surface area contributed by atoms with Gasteiger partial charge in [-0.15, -0.1) is 11.3 Å². The van der Waals surface area contributed by atoms with Crippen LogP contribution in [0.2, 0.25) is 5.02 Å². The van der Waals surface area contributed by atoms with E-state index in [4.69, 9.17) is 11.6 Å². The summed E-state index contributed by atoms with van der Waals surface area (Å²) < 4.78 is 2.00. The number of thiazole rings is 1. The molecule has 102 valence electrons. The zero-order valence-electron chi connectivity index (χ0n) is 10.4. The van der Waals surface area contributed by atoms with Crippen molar-refractivity contribution >= 4 is 49.1 Å². The SMILES string of the molecule is OC(Cc1nc2ccccc2s1)c1cc(Cl)cc(Br)c1. The first kappa shape index (κ1) is 14.0. The van der Waals surface area contributed by atoms with Crippen LogP contribution >= 0.6 is 38.9 Å². The molecule has 3 rings (SSSR count). The van der Waals surface area contributed by atoms with Gasteiger partial charge in [0.2, 0.25) is 0 Å². The largest absolute Gasteiger partial charge is 0.388 e. The van der Waals surface area contributed by atoms with Gasteiger partial charge in [0, 0.05) is 15.9 Å². The number of aromatic nitrogens is 1. The zero-order valence-corrected chi connectivity index (χ0v) is 13.5. The molecule has 1 heterocycles. The maximum atomic E-state index is 10.3. The van der Waals surface area contributed by atoms with Gasteiger partial charge in [0.05, 0.1) is 21.3 Å². The van der Waals surface area contributed by atoms with Gasteiger partial charge in [0.25, 0.3) is 0 Å². The molecular weight excluding hydrogens is 358 g/mol. The van der Waals surface area contributed by atoms with Crippen molar-refractivity contribution in [3.63, 3.8) is 0 Å². The molecule has 0 bridgehead atoms. The van der Waals surface area contributed by atoms with Gasteiger partial charge in [-0.2, -0.15) is 0 Å². The number of benzene rings is 2. The second-order valence-electron chi connectivity index (χ2n) is 4.50. The summed E-state index contributed by atoms with van der Waals surface area (Å²) in [5, 5.41) is 11.9. The molecule has 0 saturated carbocycles. The number of hydrogen-bond donors (Lipinski definition) is 1. The Balaban J connectivity index is 1.86. The molecule has 3 aromatic rings. The van der Waals surface area contributed by atoms with Crippen molar-refractivity contribution in [2.24, 2.45) is 0 Å². The second kappa shape index (κ2) is 5.82. The van der Waals surface area contributed by atoms with E-state index >= 15 is 0 Å². The monoisotopic (exact) mass is 367 g/mol. The molecule has 0 fully saturated rings. The predicted molar refractivity (Wildman–Crippen MR) is 87.4 cm³/mol. The lowest BCUT2D eigenvalue weighted by atomic mass is 10.1. The summed E-state index contributed by atoms with van der Waals surface area (Å²) in [6.07, 6.45) is -0.114.